The molecule has 4 heteroatoms. The van der Waals surface area contributed by atoms with Crippen molar-refractivity contribution < 1.29 is 4.79 Å². The summed E-state index contributed by atoms with van der Waals surface area (Å²) >= 11 is 3.51. The number of benzene rings is 1. The van der Waals surface area contributed by atoms with Gasteiger partial charge in [0.1, 0.15) is 0 Å². The van der Waals surface area contributed by atoms with Gasteiger partial charge in [-0.3, -0.25) is 4.79 Å². The van der Waals surface area contributed by atoms with E-state index in [2.05, 4.69) is 45.6 Å². The predicted octanol–water partition coefficient (Wildman–Crippen LogP) is 2.99. The topological polar surface area (TPSA) is 41.1 Å². The van der Waals surface area contributed by atoms with E-state index in [-0.39, 0.29) is 11.3 Å². The molecule has 0 atom stereocenters. The Morgan fingerprint density at radius 2 is 2.05 bits per heavy atom. The first-order valence-electron chi connectivity index (χ1n) is 7.44. The van der Waals surface area contributed by atoms with Gasteiger partial charge in [-0.25, -0.2) is 0 Å². The van der Waals surface area contributed by atoms with Crippen LogP contribution in [0, 0.1) is 0 Å². The van der Waals surface area contributed by atoms with Gasteiger partial charge in [0.2, 0.25) is 5.91 Å². The van der Waals surface area contributed by atoms with Gasteiger partial charge in [0, 0.05) is 17.6 Å². The Morgan fingerprint density at radius 3 is 2.70 bits per heavy atom. The molecule has 2 rings (SSSR count). The summed E-state index contributed by atoms with van der Waals surface area (Å²) in [5.41, 5.74) is 0.820. The van der Waals surface area contributed by atoms with Crippen molar-refractivity contribution in [1.82, 2.24) is 10.6 Å². The molecule has 1 saturated carbocycles. The van der Waals surface area contributed by atoms with Gasteiger partial charge in [-0.15, -0.1) is 0 Å². The summed E-state index contributed by atoms with van der Waals surface area (Å²) in [4.78, 5) is 12.7. The second-order valence-corrected chi connectivity index (χ2v) is 6.32. The molecule has 1 aliphatic carbocycles. The zero-order valence-corrected chi connectivity index (χ0v) is 13.6. The average Bonchev–Trinajstić information content (AvgIpc) is 2.94. The second kappa shape index (κ2) is 7.23. The van der Waals surface area contributed by atoms with E-state index in [0.717, 1.165) is 48.8 Å². The molecule has 0 saturated heterocycles. The van der Waals surface area contributed by atoms with E-state index in [1.807, 2.05) is 12.1 Å². The summed E-state index contributed by atoms with van der Waals surface area (Å²) in [5, 5.41) is 6.33. The van der Waals surface area contributed by atoms with Crippen molar-refractivity contribution in [2.24, 2.45) is 0 Å². The molecule has 3 nitrogen and oxygen atoms in total. The summed E-state index contributed by atoms with van der Waals surface area (Å²) in [6, 6.07) is 8.20. The first-order chi connectivity index (χ1) is 9.69. The number of nitrogens with one attached hydrogen (secondary N) is 2. The van der Waals surface area contributed by atoms with Crippen LogP contribution in [-0.4, -0.2) is 25.5 Å². The van der Waals surface area contributed by atoms with Gasteiger partial charge in [-0.2, -0.15) is 0 Å². The highest BCUT2D eigenvalue weighted by atomic mass is 79.9. The second-order valence-electron chi connectivity index (χ2n) is 5.41. The molecule has 20 heavy (non-hydrogen) atoms. The van der Waals surface area contributed by atoms with E-state index in [0.29, 0.717) is 6.54 Å². The van der Waals surface area contributed by atoms with Crippen molar-refractivity contribution in [3.8, 4) is 0 Å². The minimum Gasteiger partial charge on any atom is -0.354 e. The quantitative estimate of drug-likeness (QED) is 0.783. The zero-order valence-electron chi connectivity index (χ0n) is 12.0. The minimum absolute atomic E-state index is 0.186. The number of hydrogen-bond donors (Lipinski definition) is 2. The highest BCUT2D eigenvalue weighted by Crippen LogP contribution is 2.41. The Bertz CT molecular complexity index is 456. The summed E-state index contributed by atoms with van der Waals surface area (Å²) < 4.78 is 1.04. The zero-order chi connectivity index (χ0) is 14.4. The normalized spacial score (nSPS) is 17.1. The van der Waals surface area contributed by atoms with Gasteiger partial charge in [0.15, 0.2) is 0 Å². The first-order valence-corrected chi connectivity index (χ1v) is 8.23. The fourth-order valence-electron chi connectivity index (χ4n) is 3.02. The summed E-state index contributed by atoms with van der Waals surface area (Å²) in [7, 11) is 0. The standard InChI is InChI=1S/C16H23BrN2O/c1-2-18-10-11-19-15(20)16(8-3-4-9-16)13-6-5-7-14(17)12-13/h5-7,12,18H,2-4,8-11H2,1H3,(H,19,20). The van der Waals surface area contributed by atoms with Crippen molar-refractivity contribution in [2.75, 3.05) is 19.6 Å². The molecule has 0 bridgehead atoms. The van der Waals surface area contributed by atoms with Crippen LogP contribution >= 0.6 is 15.9 Å². The van der Waals surface area contributed by atoms with Gasteiger partial charge >= 0.3 is 0 Å². The van der Waals surface area contributed by atoms with Crippen LogP contribution in [0.3, 0.4) is 0 Å². The molecule has 1 aromatic rings. The van der Waals surface area contributed by atoms with Crippen LogP contribution in [0.2, 0.25) is 0 Å². The van der Waals surface area contributed by atoms with E-state index < -0.39 is 0 Å². The molecule has 1 fully saturated rings. The molecule has 0 spiro atoms. The van der Waals surface area contributed by atoms with Crippen molar-refractivity contribution in [3.63, 3.8) is 0 Å². The monoisotopic (exact) mass is 338 g/mol. The van der Waals surface area contributed by atoms with E-state index >= 15 is 0 Å². The smallest absolute Gasteiger partial charge is 0.230 e. The Labute approximate surface area is 129 Å². The minimum atomic E-state index is -0.323. The van der Waals surface area contributed by atoms with Gasteiger partial charge in [-0.05, 0) is 37.1 Å². The molecule has 1 aromatic carbocycles. The SMILES string of the molecule is CCNCCNC(=O)C1(c2cccc(Br)c2)CCCC1. The van der Waals surface area contributed by atoms with Crippen LogP contribution in [-0.2, 0) is 10.2 Å². The maximum atomic E-state index is 12.7. The maximum absolute atomic E-state index is 12.7. The maximum Gasteiger partial charge on any atom is 0.230 e. The van der Waals surface area contributed by atoms with Crippen molar-refractivity contribution >= 4 is 21.8 Å². The lowest BCUT2D eigenvalue weighted by Crippen LogP contribution is -2.44. The van der Waals surface area contributed by atoms with Crippen LogP contribution in [0.4, 0.5) is 0 Å². The predicted molar refractivity (Wildman–Crippen MR) is 85.8 cm³/mol. The average molecular weight is 339 g/mol. The molecule has 0 aliphatic heterocycles. The van der Waals surface area contributed by atoms with E-state index in [4.69, 9.17) is 0 Å². The molecule has 0 radical (unpaired) electrons. The molecular weight excluding hydrogens is 316 g/mol. The van der Waals surface area contributed by atoms with Crippen molar-refractivity contribution in [3.05, 3.63) is 34.3 Å². The Hall–Kier alpha value is -0.870. The van der Waals surface area contributed by atoms with E-state index in [1.54, 1.807) is 0 Å². The van der Waals surface area contributed by atoms with E-state index in [9.17, 15) is 4.79 Å². The summed E-state index contributed by atoms with van der Waals surface area (Å²) in [6.45, 7) is 4.54. The first kappa shape index (κ1) is 15.5. The largest absolute Gasteiger partial charge is 0.354 e. The number of likely N-dealkylation sites (N-methyl/N-ethyl adjacent to an activating group) is 1. The molecule has 0 heterocycles. The Morgan fingerprint density at radius 1 is 1.30 bits per heavy atom. The number of halogens is 1. The van der Waals surface area contributed by atoms with Gasteiger partial charge < -0.3 is 10.6 Å². The van der Waals surface area contributed by atoms with E-state index in [1.165, 1.54) is 0 Å². The fraction of sp³-hybridized carbons (Fsp3) is 0.562. The molecule has 0 unspecified atom stereocenters. The molecule has 1 aliphatic rings. The lowest BCUT2D eigenvalue weighted by Gasteiger charge is -2.28. The van der Waals surface area contributed by atoms with Gasteiger partial charge in [0.05, 0.1) is 5.41 Å². The van der Waals surface area contributed by atoms with Crippen molar-refractivity contribution in [2.45, 2.75) is 38.0 Å². The molecular formula is C16H23BrN2O. The molecule has 110 valence electrons. The number of carbonyl (C=O) groups is 1. The number of amides is 1. The van der Waals surface area contributed by atoms with Crippen LogP contribution in [0.25, 0.3) is 0 Å². The third-order valence-electron chi connectivity index (χ3n) is 4.11. The number of carbonyl (C=O) groups excluding carboxylic acids is 1. The lowest BCUT2D eigenvalue weighted by atomic mass is 9.78. The van der Waals surface area contributed by atoms with Crippen LogP contribution in [0.1, 0.15) is 38.2 Å². The van der Waals surface area contributed by atoms with Crippen LogP contribution in [0.15, 0.2) is 28.7 Å². The summed E-state index contributed by atoms with van der Waals surface area (Å²) in [6.07, 6.45) is 4.17. The third kappa shape index (κ3) is 3.41. The Kier molecular flexibility index (Phi) is 5.61. The Balaban J connectivity index is 2.11. The van der Waals surface area contributed by atoms with Crippen LogP contribution in [0.5, 0.6) is 0 Å². The molecule has 1 amide bonds. The van der Waals surface area contributed by atoms with Crippen LogP contribution < -0.4 is 10.6 Å². The van der Waals surface area contributed by atoms with Gasteiger partial charge in [0.25, 0.3) is 0 Å². The number of rotatable bonds is 6. The number of hydrogen-bond acceptors (Lipinski definition) is 2. The lowest BCUT2D eigenvalue weighted by molar-refractivity contribution is -0.126. The molecule has 0 aromatic heterocycles. The highest BCUT2D eigenvalue weighted by molar-refractivity contribution is 9.10. The molecule has 2 N–H and O–H groups in total. The summed E-state index contributed by atoms with van der Waals surface area (Å²) in [5.74, 6) is 0.186. The van der Waals surface area contributed by atoms with Crippen molar-refractivity contribution in [1.29, 1.82) is 0 Å². The fourth-order valence-corrected chi connectivity index (χ4v) is 3.42. The van der Waals surface area contributed by atoms with Gasteiger partial charge in [-0.1, -0.05) is 47.8 Å². The third-order valence-corrected chi connectivity index (χ3v) is 4.60. The highest BCUT2D eigenvalue weighted by Gasteiger charge is 2.42.